The van der Waals surface area contributed by atoms with Crippen molar-refractivity contribution in [3.8, 4) is 11.5 Å². The smallest absolute Gasteiger partial charge is 0.338 e. The Bertz CT molecular complexity index is 1030. The Hall–Kier alpha value is -1.59. The Kier molecular flexibility index (Phi) is 9.41. The minimum atomic E-state index is -4.10. The molecule has 0 aliphatic carbocycles. The van der Waals surface area contributed by atoms with Gasteiger partial charge in [0.1, 0.15) is 17.1 Å². The largest absolute Gasteiger partial charge is 0.458 e. The maximum Gasteiger partial charge on any atom is 0.338 e. The van der Waals surface area contributed by atoms with Gasteiger partial charge in [0.15, 0.2) is 4.87 Å². The number of rotatable bonds is 10. The van der Waals surface area contributed by atoms with Crippen LogP contribution in [0.2, 0.25) is 0 Å². The number of ether oxygens (including phenoxy) is 2. The molecule has 0 aromatic heterocycles. The number of carbonyl (C=O) groups is 1. The second-order valence-corrected chi connectivity index (χ2v) is 12.5. The fraction of sp³-hybridized carbons (Fsp3) is 0.435. The third-order valence-electron chi connectivity index (χ3n) is 4.41. The van der Waals surface area contributed by atoms with Gasteiger partial charge >= 0.3 is 5.97 Å². The monoisotopic (exact) mass is 559 g/mol. The van der Waals surface area contributed by atoms with Crippen molar-refractivity contribution < 1.29 is 27.8 Å². The molecule has 10 heteroatoms. The number of thioether (sulfide) groups is 1. The number of sulfonamides is 1. The van der Waals surface area contributed by atoms with E-state index in [1.54, 1.807) is 58.9 Å². The third kappa shape index (κ3) is 7.71. The average Bonchev–Trinajstić information content (AvgIpc) is 2.71. The van der Waals surface area contributed by atoms with E-state index in [-0.39, 0.29) is 17.3 Å². The van der Waals surface area contributed by atoms with Gasteiger partial charge in [-0.1, -0.05) is 29.8 Å². The summed E-state index contributed by atoms with van der Waals surface area (Å²) < 4.78 is 41.3. The molecule has 0 bridgehead atoms. The molecule has 0 aliphatic heterocycles. The first kappa shape index (κ1) is 27.7. The molecular formula is C23H30BrNO6S2. The van der Waals surface area contributed by atoms with E-state index in [2.05, 4.69) is 20.7 Å². The molecule has 2 rings (SSSR count). The number of halogens is 1. The van der Waals surface area contributed by atoms with Gasteiger partial charge in [0, 0.05) is 10.2 Å². The predicted octanol–water partition coefficient (Wildman–Crippen LogP) is 4.94. The van der Waals surface area contributed by atoms with Crippen LogP contribution in [-0.4, -0.2) is 42.3 Å². The number of hydrogen-bond acceptors (Lipinski definition) is 7. The van der Waals surface area contributed by atoms with E-state index in [1.807, 2.05) is 12.1 Å². The lowest BCUT2D eigenvalue weighted by Gasteiger charge is -2.37. The molecule has 0 saturated heterocycles. The Morgan fingerprint density at radius 1 is 1.06 bits per heavy atom. The van der Waals surface area contributed by atoms with E-state index in [0.717, 1.165) is 16.2 Å². The van der Waals surface area contributed by atoms with Crippen molar-refractivity contribution in [3.63, 3.8) is 0 Å². The molecule has 0 radical (unpaired) electrons. The van der Waals surface area contributed by atoms with Crippen molar-refractivity contribution in [3.05, 3.63) is 53.0 Å². The molecule has 0 fully saturated rings. The summed E-state index contributed by atoms with van der Waals surface area (Å²) in [6.45, 7) is 8.38. The van der Waals surface area contributed by atoms with E-state index >= 15 is 0 Å². The third-order valence-corrected chi connectivity index (χ3v) is 8.13. The molecule has 0 spiro atoms. The van der Waals surface area contributed by atoms with Crippen LogP contribution in [0.15, 0.2) is 57.9 Å². The Morgan fingerprint density at radius 2 is 1.58 bits per heavy atom. The molecule has 33 heavy (non-hydrogen) atoms. The van der Waals surface area contributed by atoms with Gasteiger partial charge in [-0.15, -0.1) is 11.8 Å². The summed E-state index contributed by atoms with van der Waals surface area (Å²) in [5.41, 5.74) is -0.811. The Morgan fingerprint density at radius 3 is 2.03 bits per heavy atom. The molecule has 7 nitrogen and oxygen atoms in total. The zero-order valence-electron chi connectivity index (χ0n) is 19.3. The van der Waals surface area contributed by atoms with E-state index < -0.39 is 32.4 Å². The number of aliphatic hydroxyl groups is 1. The van der Waals surface area contributed by atoms with Gasteiger partial charge in [-0.3, -0.25) is 0 Å². The van der Waals surface area contributed by atoms with Crippen LogP contribution in [0.25, 0.3) is 0 Å². The van der Waals surface area contributed by atoms with Crippen molar-refractivity contribution in [1.82, 2.24) is 4.72 Å². The number of hydrogen-bond donors (Lipinski definition) is 2. The number of carbonyl (C=O) groups excluding carboxylic acids is 1. The van der Waals surface area contributed by atoms with Gasteiger partial charge in [0.25, 0.3) is 0 Å². The molecule has 0 heterocycles. The predicted molar refractivity (Wildman–Crippen MR) is 134 cm³/mol. The number of benzene rings is 2. The highest BCUT2D eigenvalue weighted by molar-refractivity contribution is 9.10. The van der Waals surface area contributed by atoms with Gasteiger partial charge in [0.2, 0.25) is 10.0 Å². The fourth-order valence-electron chi connectivity index (χ4n) is 2.79. The highest BCUT2D eigenvalue weighted by Crippen LogP contribution is 2.35. The molecule has 1 atom stereocenters. The van der Waals surface area contributed by atoms with Crippen LogP contribution in [0.5, 0.6) is 11.5 Å². The van der Waals surface area contributed by atoms with Crippen molar-refractivity contribution in [2.75, 3.05) is 12.4 Å². The summed E-state index contributed by atoms with van der Waals surface area (Å²) in [5, 5.41) is 9.34. The van der Waals surface area contributed by atoms with Crippen molar-refractivity contribution >= 4 is 43.7 Å². The summed E-state index contributed by atoms with van der Waals surface area (Å²) in [7, 11) is -4.10. The first-order valence-corrected chi connectivity index (χ1v) is 13.6. The van der Waals surface area contributed by atoms with E-state index in [1.165, 1.54) is 12.1 Å². The van der Waals surface area contributed by atoms with Crippen LogP contribution in [0.4, 0.5) is 0 Å². The minimum Gasteiger partial charge on any atom is -0.458 e. The lowest BCUT2D eigenvalue weighted by Crippen LogP contribution is -2.57. The quantitative estimate of drug-likeness (QED) is 0.314. The summed E-state index contributed by atoms with van der Waals surface area (Å²) in [4.78, 5) is 11.5. The maximum atomic E-state index is 13.3. The lowest BCUT2D eigenvalue weighted by atomic mass is 10.0. The van der Waals surface area contributed by atoms with Crippen LogP contribution in [0.1, 0.15) is 34.6 Å². The van der Waals surface area contributed by atoms with Crippen molar-refractivity contribution in [1.29, 1.82) is 0 Å². The van der Waals surface area contributed by atoms with Gasteiger partial charge in [-0.25, -0.2) is 13.2 Å². The van der Waals surface area contributed by atoms with Crippen LogP contribution < -0.4 is 9.46 Å². The topological polar surface area (TPSA) is 102 Å². The molecule has 2 aromatic carbocycles. The molecule has 182 valence electrons. The summed E-state index contributed by atoms with van der Waals surface area (Å²) in [6, 6.07) is 13.2. The van der Waals surface area contributed by atoms with Crippen LogP contribution in [0, 0.1) is 5.92 Å². The Labute approximate surface area is 208 Å². The number of nitrogens with one attached hydrogen (secondary N) is 1. The lowest BCUT2D eigenvalue weighted by molar-refractivity contribution is -0.159. The van der Waals surface area contributed by atoms with Gasteiger partial charge in [-0.2, -0.15) is 4.72 Å². The zero-order valence-corrected chi connectivity index (χ0v) is 22.5. The van der Waals surface area contributed by atoms with E-state index in [0.29, 0.717) is 11.5 Å². The first-order chi connectivity index (χ1) is 15.3. The number of esters is 1. The standard InChI is InChI=1S/C23H30BrNO6S2/c1-16(2)23(32-15-14-26,21(27)31-22(3,4)5)25-33(28,29)20-12-10-19(11-13-20)30-18-8-6-17(24)7-9-18/h6-13,16,25-26H,14-15H2,1-5H3. The summed E-state index contributed by atoms with van der Waals surface area (Å²) >= 11 is 4.37. The van der Waals surface area contributed by atoms with Gasteiger partial charge in [-0.05, 0) is 75.2 Å². The molecule has 2 aromatic rings. The summed E-state index contributed by atoms with van der Waals surface area (Å²) in [6.07, 6.45) is 0. The molecule has 2 N–H and O–H groups in total. The minimum absolute atomic E-state index is 0.0242. The average molecular weight is 561 g/mol. The van der Waals surface area contributed by atoms with E-state index in [9.17, 15) is 18.3 Å². The van der Waals surface area contributed by atoms with Gasteiger partial charge < -0.3 is 14.6 Å². The molecule has 0 saturated carbocycles. The fourth-order valence-corrected chi connectivity index (χ4v) is 5.86. The van der Waals surface area contributed by atoms with Crippen molar-refractivity contribution in [2.24, 2.45) is 5.92 Å². The zero-order chi connectivity index (χ0) is 24.9. The van der Waals surface area contributed by atoms with Crippen molar-refractivity contribution in [2.45, 2.75) is 50.0 Å². The molecular weight excluding hydrogens is 530 g/mol. The molecule has 0 amide bonds. The second-order valence-electron chi connectivity index (χ2n) is 8.60. The second kappa shape index (κ2) is 11.2. The number of aliphatic hydroxyl groups excluding tert-OH is 1. The van der Waals surface area contributed by atoms with Crippen LogP contribution in [0.3, 0.4) is 0 Å². The summed E-state index contributed by atoms with van der Waals surface area (Å²) in [5.74, 6) is 0.0603. The highest BCUT2D eigenvalue weighted by atomic mass is 79.9. The SMILES string of the molecule is CC(C)C(NS(=O)(=O)c1ccc(Oc2ccc(Br)cc2)cc1)(SCCO)C(=O)OC(C)(C)C. The van der Waals surface area contributed by atoms with Gasteiger partial charge in [0.05, 0.1) is 11.5 Å². The normalized spacial score (nSPS) is 14.1. The molecule has 1 unspecified atom stereocenters. The molecule has 0 aliphatic rings. The maximum absolute atomic E-state index is 13.3. The van der Waals surface area contributed by atoms with Crippen LogP contribution in [-0.2, 0) is 19.6 Å². The van der Waals surface area contributed by atoms with Crippen LogP contribution >= 0.6 is 27.7 Å². The first-order valence-electron chi connectivity index (χ1n) is 10.3. The highest BCUT2D eigenvalue weighted by Gasteiger charge is 2.48. The van der Waals surface area contributed by atoms with E-state index in [4.69, 9.17) is 9.47 Å². The Balaban J connectivity index is 2.32.